The number of aromatic nitrogens is 1. The van der Waals surface area contributed by atoms with E-state index in [1.165, 1.54) is 22.4 Å². The van der Waals surface area contributed by atoms with Gasteiger partial charge in [-0.25, -0.2) is 0 Å². The lowest BCUT2D eigenvalue weighted by atomic mass is 9.77. The average molecular weight is 426 g/mol. The SMILES string of the molecule is Clc1cc(Cl)c2c(c1)CCc1cc(Br)cnc1[C@@H]2C1CCNCC1. The van der Waals surface area contributed by atoms with Crippen LogP contribution in [-0.4, -0.2) is 18.1 Å². The number of aryl methyl sites for hydroxylation is 2. The Balaban J connectivity index is 1.91. The van der Waals surface area contributed by atoms with Gasteiger partial charge in [-0.15, -0.1) is 0 Å². The summed E-state index contributed by atoms with van der Waals surface area (Å²) in [5.74, 6) is 0.826. The maximum atomic E-state index is 6.69. The molecule has 0 amide bonds. The molecule has 1 aromatic heterocycles. The summed E-state index contributed by atoms with van der Waals surface area (Å²) in [6, 6.07) is 6.20. The zero-order valence-corrected chi connectivity index (χ0v) is 16.4. The van der Waals surface area contributed by atoms with E-state index in [0.29, 0.717) is 5.92 Å². The van der Waals surface area contributed by atoms with Crippen molar-refractivity contribution in [2.75, 3.05) is 13.1 Å². The van der Waals surface area contributed by atoms with Gasteiger partial charge < -0.3 is 5.32 Å². The molecular weight excluding hydrogens is 407 g/mol. The molecule has 2 aliphatic rings. The zero-order valence-electron chi connectivity index (χ0n) is 13.3. The maximum absolute atomic E-state index is 6.69. The highest BCUT2D eigenvalue weighted by atomic mass is 79.9. The van der Waals surface area contributed by atoms with E-state index in [1.807, 2.05) is 12.3 Å². The number of hydrogen-bond donors (Lipinski definition) is 1. The van der Waals surface area contributed by atoms with Crippen LogP contribution in [0.2, 0.25) is 10.0 Å². The van der Waals surface area contributed by atoms with Crippen molar-refractivity contribution < 1.29 is 0 Å². The Morgan fingerprint density at radius 1 is 1.04 bits per heavy atom. The van der Waals surface area contributed by atoms with Gasteiger partial charge in [0, 0.05) is 26.6 Å². The van der Waals surface area contributed by atoms with Crippen molar-refractivity contribution in [2.45, 2.75) is 31.6 Å². The Kier molecular flexibility index (Phi) is 4.88. The number of nitrogens with one attached hydrogen (secondary N) is 1. The predicted molar refractivity (Wildman–Crippen MR) is 103 cm³/mol. The van der Waals surface area contributed by atoms with Gasteiger partial charge in [0.2, 0.25) is 0 Å². The first-order valence-corrected chi connectivity index (χ1v) is 10.0. The van der Waals surface area contributed by atoms with Crippen LogP contribution in [0.25, 0.3) is 0 Å². The lowest BCUT2D eigenvalue weighted by molar-refractivity contribution is 0.338. The number of piperidine rings is 1. The molecule has 1 aliphatic heterocycles. The first kappa shape index (κ1) is 16.8. The average Bonchev–Trinajstić information content (AvgIpc) is 2.72. The topological polar surface area (TPSA) is 24.9 Å². The van der Waals surface area contributed by atoms with Crippen LogP contribution in [0.15, 0.2) is 28.9 Å². The molecule has 1 atom stereocenters. The van der Waals surface area contributed by atoms with Gasteiger partial charge in [-0.2, -0.15) is 0 Å². The highest BCUT2D eigenvalue weighted by Crippen LogP contribution is 2.45. The van der Waals surface area contributed by atoms with Gasteiger partial charge in [0.05, 0.1) is 5.69 Å². The second-order valence-corrected chi connectivity index (χ2v) is 8.48. The Morgan fingerprint density at radius 2 is 1.79 bits per heavy atom. The number of fused-ring (bicyclic) bond motifs is 2. The van der Waals surface area contributed by atoms with Gasteiger partial charge in [0.15, 0.2) is 0 Å². The normalized spacial score (nSPS) is 21.0. The molecule has 5 heteroatoms. The molecule has 2 heterocycles. The number of halogens is 3. The van der Waals surface area contributed by atoms with Gasteiger partial charge in [0.25, 0.3) is 0 Å². The second kappa shape index (κ2) is 6.95. The third kappa shape index (κ3) is 3.12. The number of benzene rings is 1. The number of rotatable bonds is 1. The summed E-state index contributed by atoms with van der Waals surface area (Å²) >= 11 is 16.6. The van der Waals surface area contributed by atoms with E-state index in [4.69, 9.17) is 28.2 Å². The Hall–Kier alpha value is -0.610. The number of nitrogens with zero attached hydrogens (tertiary/aromatic N) is 1. The molecule has 1 fully saturated rings. The van der Waals surface area contributed by atoms with E-state index < -0.39 is 0 Å². The van der Waals surface area contributed by atoms with Gasteiger partial charge in [0.1, 0.15) is 0 Å². The largest absolute Gasteiger partial charge is 0.317 e. The molecule has 0 unspecified atom stereocenters. The molecule has 1 saturated heterocycles. The molecule has 1 aromatic carbocycles. The van der Waals surface area contributed by atoms with Crippen molar-refractivity contribution in [2.24, 2.45) is 5.92 Å². The Labute approximate surface area is 161 Å². The van der Waals surface area contributed by atoms with Crippen molar-refractivity contribution in [3.05, 3.63) is 61.3 Å². The standard InChI is InChI=1S/C19H19BrCl2N2/c20-14-7-13-2-1-12-8-15(21)9-16(22)17(12)18(19(13)24-10-14)11-3-5-23-6-4-11/h7-11,18,23H,1-6H2/t18-/m1/s1. The van der Waals surface area contributed by atoms with E-state index in [0.717, 1.165) is 53.3 Å². The lowest BCUT2D eigenvalue weighted by Gasteiger charge is -2.32. The van der Waals surface area contributed by atoms with Gasteiger partial charge in [-0.1, -0.05) is 23.2 Å². The zero-order chi connectivity index (χ0) is 16.7. The van der Waals surface area contributed by atoms with Crippen molar-refractivity contribution in [1.82, 2.24) is 10.3 Å². The minimum Gasteiger partial charge on any atom is -0.317 e. The van der Waals surface area contributed by atoms with Crippen LogP contribution in [0.4, 0.5) is 0 Å². The van der Waals surface area contributed by atoms with Crippen molar-refractivity contribution in [1.29, 1.82) is 0 Å². The molecule has 1 N–H and O–H groups in total. The molecule has 24 heavy (non-hydrogen) atoms. The van der Waals surface area contributed by atoms with Crippen molar-refractivity contribution in [3.8, 4) is 0 Å². The van der Waals surface area contributed by atoms with Gasteiger partial charge in [-0.05, 0) is 95.5 Å². The van der Waals surface area contributed by atoms with Crippen LogP contribution < -0.4 is 5.32 Å². The summed E-state index contributed by atoms with van der Waals surface area (Å²) < 4.78 is 1.04. The molecule has 0 bridgehead atoms. The first-order valence-electron chi connectivity index (χ1n) is 8.46. The fourth-order valence-electron chi connectivity index (χ4n) is 4.21. The minimum absolute atomic E-state index is 0.262. The summed E-state index contributed by atoms with van der Waals surface area (Å²) in [6.45, 7) is 2.13. The van der Waals surface area contributed by atoms with Crippen molar-refractivity contribution in [3.63, 3.8) is 0 Å². The Morgan fingerprint density at radius 3 is 2.58 bits per heavy atom. The number of pyridine rings is 1. The quantitative estimate of drug-likeness (QED) is 0.663. The second-order valence-electron chi connectivity index (χ2n) is 6.72. The van der Waals surface area contributed by atoms with E-state index in [2.05, 4.69) is 33.4 Å². The van der Waals surface area contributed by atoms with Crippen LogP contribution in [0, 0.1) is 5.92 Å². The van der Waals surface area contributed by atoms with E-state index in [-0.39, 0.29) is 5.92 Å². The van der Waals surface area contributed by atoms with Crippen LogP contribution in [-0.2, 0) is 12.8 Å². The smallest absolute Gasteiger partial charge is 0.0514 e. The number of hydrogen-bond acceptors (Lipinski definition) is 2. The molecule has 4 rings (SSSR count). The van der Waals surface area contributed by atoms with Gasteiger partial charge in [-0.3, -0.25) is 4.98 Å². The summed E-state index contributed by atoms with van der Waals surface area (Å²) in [7, 11) is 0. The van der Waals surface area contributed by atoms with Gasteiger partial charge >= 0.3 is 0 Å². The highest BCUT2D eigenvalue weighted by molar-refractivity contribution is 9.10. The molecule has 0 radical (unpaired) electrons. The minimum atomic E-state index is 0.262. The summed E-state index contributed by atoms with van der Waals surface area (Å²) in [5.41, 5.74) is 5.07. The monoisotopic (exact) mass is 424 g/mol. The van der Waals surface area contributed by atoms with Crippen molar-refractivity contribution >= 4 is 39.1 Å². The molecule has 2 aromatic rings. The fraction of sp³-hybridized carbons (Fsp3) is 0.421. The predicted octanol–water partition coefficient (Wildman–Crippen LogP) is 5.38. The lowest BCUT2D eigenvalue weighted by Crippen LogP contribution is -2.32. The molecule has 1 aliphatic carbocycles. The molecule has 0 saturated carbocycles. The first-order chi connectivity index (χ1) is 11.6. The summed E-state index contributed by atoms with van der Waals surface area (Å²) in [4.78, 5) is 4.84. The van der Waals surface area contributed by atoms with Crippen LogP contribution >= 0.6 is 39.1 Å². The summed E-state index contributed by atoms with van der Waals surface area (Å²) in [5, 5.41) is 4.98. The maximum Gasteiger partial charge on any atom is 0.0514 e. The molecule has 126 valence electrons. The van der Waals surface area contributed by atoms with E-state index in [1.54, 1.807) is 0 Å². The summed E-state index contributed by atoms with van der Waals surface area (Å²) in [6.07, 6.45) is 6.16. The molecule has 0 spiro atoms. The van der Waals surface area contributed by atoms with Crippen LogP contribution in [0.3, 0.4) is 0 Å². The highest BCUT2D eigenvalue weighted by Gasteiger charge is 2.34. The molecule has 2 nitrogen and oxygen atoms in total. The Bertz CT molecular complexity index is 772. The fourth-order valence-corrected chi connectivity index (χ4v) is 5.24. The van der Waals surface area contributed by atoms with Crippen LogP contribution in [0.1, 0.15) is 41.1 Å². The van der Waals surface area contributed by atoms with E-state index >= 15 is 0 Å². The third-order valence-corrected chi connectivity index (χ3v) is 6.24. The van der Waals surface area contributed by atoms with E-state index in [9.17, 15) is 0 Å². The van der Waals surface area contributed by atoms with Crippen LogP contribution in [0.5, 0.6) is 0 Å². The third-order valence-electron chi connectivity index (χ3n) is 5.27. The molecular formula is C19H19BrCl2N2.